The lowest BCUT2D eigenvalue weighted by atomic mass is 9.97. The summed E-state index contributed by atoms with van der Waals surface area (Å²) in [6, 6.07) is 57.9. The number of benzene rings is 8. The molecule has 0 saturated heterocycles. The number of nitrogens with zero attached hydrogens (tertiary/aromatic N) is 1. The molecule has 220 valence electrons. The fourth-order valence-corrected chi connectivity index (χ4v) is 7.29. The van der Waals surface area contributed by atoms with E-state index in [4.69, 9.17) is 8.83 Å². The van der Waals surface area contributed by atoms with Crippen LogP contribution in [0.5, 0.6) is 0 Å². The van der Waals surface area contributed by atoms with Gasteiger partial charge in [-0.05, 0) is 81.9 Å². The maximum absolute atomic E-state index is 6.64. The zero-order valence-electron chi connectivity index (χ0n) is 25.4. The van der Waals surface area contributed by atoms with Gasteiger partial charge in [0, 0.05) is 32.9 Å². The van der Waals surface area contributed by atoms with Gasteiger partial charge in [-0.25, -0.2) is 0 Å². The first-order valence-corrected chi connectivity index (χ1v) is 15.9. The normalized spacial score (nSPS) is 11.8. The lowest BCUT2D eigenvalue weighted by Crippen LogP contribution is -2.10. The average molecular weight is 602 g/mol. The van der Waals surface area contributed by atoms with E-state index in [1.165, 1.54) is 16.3 Å². The van der Waals surface area contributed by atoms with Crippen molar-refractivity contribution in [3.63, 3.8) is 0 Å². The molecule has 0 radical (unpaired) electrons. The monoisotopic (exact) mass is 601 g/mol. The number of hydrogen-bond acceptors (Lipinski definition) is 3. The summed E-state index contributed by atoms with van der Waals surface area (Å²) in [5, 5.41) is 9.11. The van der Waals surface area contributed by atoms with Crippen LogP contribution in [-0.4, -0.2) is 0 Å². The Hall–Kier alpha value is -6.32. The van der Waals surface area contributed by atoms with Crippen molar-refractivity contribution in [1.82, 2.24) is 0 Å². The van der Waals surface area contributed by atoms with E-state index in [0.29, 0.717) is 0 Å². The zero-order chi connectivity index (χ0) is 30.9. The molecule has 0 bridgehead atoms. The van der Waals surface area contributed by atoms with E-state index in [9.17, 15) is 0 Å². The van der Waals surface area contributed by atoms with Crippen LogP contribution in [-0.2, 0) is 0 Å². The summed E-state index contributed by atoms with van der Waals surface area (Å²) in [5.41, 5.74) is 9.06. The van der Waals surface area contributed by atoms with Gasteiger partial charge >= 0.3 is 0 Å². The topological polar surface area (TPSA) is 29.5 Å². The Bertz CT molecular complexity index is 2820. The van der Waals surface area contributed by atoms with E-state index in [-0.39, 0.29) is 0 Å². The van der Waals surface area contributed by atoms with E-state index in [1.54, 1.807) is 0 Å². The molecule has 2 aromatic heterocycles. The summed E-state index contributed by atoms with van der Waals surface area (Å²) in [6.07, 6.45) is 0. The molecule has 0 amide bonds. The van der Waals surface area contributed by atoms with Crippen LogP contribution >= 0.6 is 0 Å². The van der Waals surface area contributed by atoms with E-state index in [1.807, 2.05) is 12.1 Å². The maximum atomic E-state index is 6.64. The predicted octanol–water partition coefficient (Wildman–Crippen LogP) is 12.9. The van der Waals surface area contributed by atoms with Gasteiger partial charge in [0.05, 0.1) is 11.1 Å². The Balaban J connectivity index is 1.26. The smallest absolute Gasteiger partial charge is 0.143 e. The quantitative estimate of drug-likeness (QED) is 0.201. The summed E-state index contributed by atoms with van der Waals surface area (Å²) < 4.78 is 12.9. The Kier molecular flexibility index (Phi) is 5.57. The lowest BCUT2D eigenvalue weighted by Gasteiger charge is -2.27. The summed E-state index contributed by atoms with van der Waals surface area (Å²) in [6.45, 7) is 0. The highest BCUT2D eigenvalue weighted by molar-refractivity contribution is 6.20. The minimum atomic E-state index is 0.860. The number of rotatable bonds is 4. The molecule has 0 unspecified atom stereocenters. The second-order valence-electron chi connectivity index (χ2n) is 12.1. The first-order valence-electron chi connectivity index (χ1n) is 15.9. The standard InChI is InChI=1S/C44H27NO2/c1-3-15-33-28(10-1)12-8-18-34(33)30-13-7-14-31(26-30)45(32-23-25-41-38(27-32)36-17-5-6-20-40(36)46-41)39-19-9-21-42-43(39)37-24-22-29-11-2-4-16-35(29)44(37)47-42/h1-27H. The molecular formula is C44H27NO2. The molecule has 3 nitrogen and oxygen atoms in total. The zero-order valence-corrected chi connectivity index (χ0v) is 25.4. The third-order valence-electron chi connectivity index (χ3n) is 9.43. The molecular weight excluding hydrogens is 574 g/mol. The molecule has 2 heterocycles. The van der Waals surface area contributed by atoms with Gasteiger partial charge in [0.15, 0.2) is 0 Å². The van der Waals surface area contributed by atoms with Gasteiger partial charge in [0.25, 0.3) is 0 Å². The summed E-state index contributed by atoms with van der Waals surface area (Å²) in [7, 11) is 0. The SMILES string of the molecule is c1cc(-c2cccc3ccccc23)cc(N(c2ccc3oc4ccccc4c3c2)c2cccc3oc4c5ccccc5ccc4c23)c1. The van der Waals surface area contributed by atoms with Gasteiger partial charge in [-0.1, -0.05) is 109 Å². The first kappa shape index (κ1) is 26.0. The van der Waals surface area contributed by atoms with E-state index >= 15 is 0 Å². The van der Waals surface area contributed by atoms with E-state index < -0.39 is 0 Å². The maximum Gasteiger partial charge on any atom is 0.143 e. The van der Waals surface area contributed by atoms with E-state index in [0.717, 1.165) is 77.3 Å². The second kappa shape index (κ2) is 10.1. The third kappa shape index (κ3) is 4.00. The van der Waals surface area contributed by atoms with Crippen molar-refractivity contribution >= 4 is 82.5 Å². The van der Waals surface area contributed by atoms with Crippen LogP contribution in [0.15, 0.2) is 173 Å². The van der Waals surface area contributed by atoms with Gasteiger partial charge in [-0.3, -0.25) is 0 Å². The molecule has 0 N–H and O–H groups in total. The molecule has 10 aromatic rings. The van der Waals surface area contributed by atoms with Gasteiger partial charge in [-0.2, -0.15) is 0 Å². The molecule has 3 heteroatoms. The van der Waals surface area contributed by atoms with Gasteiger partial charge in [-0.15, -0.1) is 0 Å². The van der Waals surface area contributed by atoms with Gasteiger partial charge < -0.3 is 13.7 Å². The van der Waals surface area contributed by atoms with Crippen LogP contribution in [0.25, 0.3) is 76.5 Å². The van der Waals surface area contributed by atoms with Crippen LogP contribution in [0, 0.1) is 0 Å². The van der Waals surface area contributed by atoms with Crippen molar-refractivity contribution in [3.8, 4) is 11.1 Å². The Morgan fingerprint density at radius 3 is 1.98 bits per heavy atom. The minimum absolute atomic E-state index is 0.860. The molecule has 0 atom stereocenters. The van der Waals surface area contributed by atoms with Crippen molar-refractivity contribution in [3.05, 3.63) is 164 Å². The Labute approximate surface area is 270 Å². The fourth-order valence-electron chi connectivity index (χ4n) is 7.29. The summed E-state index contributed by atoms with van der Waals surface area (Å²) in [5.74, 6) is 0. The van der Waals surface area contributed by atoms with Crippen LogP contribution < -0.4 is 4.90 Å². The minimum Gasteiger partial charge on any atom is -0.456 e. The lowest BCUT2D eigenvalue weighted by molar-refractivity contribution is 0.669. The van der Waals surface area contributed by atoms with E-state index in [2.05, 4.69) is 157 Å². The third-order valence-corrected chi connectivity index (χ3v) is 9.43. The molecule has 8 aromatic carbocycles. The highest BCUT2D eigenvalue weighted by Crippen LogP contribution is 2.46. The van der Waals surface area contributed by atoms with Crippen molar-refractivity contribution in [2.45, 2.75) is 0 Å². The Morgan fingerprint density at radius 2 is 1.06 bits per heavy atom. The van der Waals surface area contributed by atoms with Crippen molar-refractivity contribution in [2.24, 2.45) is 0 Å². The number of furan rings is 2. The number of fused-ring (bicyclic) bond motifs is 9. The number of anilines is 3. The molecule has 0 aliphatic heterocycles. The van der Waals surface area contributed by atoms with Crippen molar-refractivity contribution in [2.75, 3.05) is 4.90 Å². The summed E-state index contributed by atoms with van der Waals surface area (Å²) in [4.78, 5) is 2.36. The van der Waals surface area contributed by atoms with Crippen LogP contribution in [0.1, 0.15) is 0 Å². The highest BCUT2D eigenvalue weighted by atomic mass is 16.3. The molecule has 0 saturated carbocycles. The predicted molar refractivity (Wildman–Crippen MR) is 196 cm³/mol. The van der Waals surface area contributed by atoms with Crippen molar-refractivity contribution < 1.29 is 8.83 Å². The average Bonchev–Trinajstić information content (AvgIpc) is 3.71. The highest BCUT2D eigenvalue weighted by Gasteiger charge is 2.22. The number of hydrogen-bond donors (Lipinski definition) is 0. The van der Waals surface area contributed by atoms with Gasteiger partial charge in [0.1, 0.15) is 22.3 Å². The van der Waals surface area contributed by atoms with Crippen molar-refractivity contribution in [1.29, 1.82) is 0 Å². The van der Waals surface area contributed by atoms with Crippen LogP contribution in [0.2, 0.25) is 0 Å². The second-order valence-corrected chi connectivity index (χ2v) is 12.1. The molecule has 0 aliphatic rings. The summed E-state index contributed by atoms with van der Waals surface area (Å²) >= 11 is 0. The van der Waals surface area contributed by atoms with Crippen LogP contribution in [0.4, 0.5) is 17.1 Å². The molecule has 0 spiro atoms. The molecule has 10 rings (SSSR count). The largest absolute Gasteiger partial charge is 0.456 e. The molecule has 0 aliphatic carbocycles. The van der Waals surface area contributed by atoms with Gasteiger partial charge in [0.2, 0.25) is 0 Å². The first-order chi connectivity index (χ1) is 23.3. The molecule has 47 heavy (non-hydrogen) atoms. The van der Waals surface area contributed by atoms with Crippen LogP contribution in [0.3, 0.4) is 0 Å². The fraction of sp³-hybridized carbons (Fsp3) is 0. The molecule has 0 fully saturated rings. The Morgan fingerprint density at radius 1 is 0.383 bits per heavy atom. The number of para-hydroxylation sites is 1.